The Morgan fingerprint density at radius 3 is 2.59 bits per heavy atom. The first-order chi connectivity index (χ1) is 14.2. The van der Waals surface area contributed by atoms with Crippen molar-refractivity contribution in [3.63, 3.8) is 0 Å². The number of fused-ring (bicyclic) bond motifs is 1. The molecule has 0 radical (unpaired) electrons. The number of aromatic nitrogens is 3. The van der Waals surface area contributed by atoms with Crippen LogP contribution in [-0.4, -0.2) is 38.7 Å². The molecule has 1 aliphatic rings. The van der Waals surface area contributed by atoms with Crippen LogP contribution in [0.5, 0.6) is 0 Å². The van der Waals surface area contributed by atoms with Crippen LogP contribution < -0.4 is 0 Å². The molecule has 5 heteroatoms. The fourth-order valence-corrected chi connectivity index (χ4v) is 4.63. The lowest BCUT2D eigenvalue weighted by molar-refractivity contribution is 0.0713. The average Bonchev–Trinajstić information content (AvgIpc) is 3.41. The Kier molecular flexibility index (Phi) is 4.43. The van der Waals surface area contributed by atoms with Crippen molar-refractivity contribution < 1.29 is 4.79 Å². The van der Waals surface area contributed by atoms with Gasteiger partial charge in [-0.3, -0.25) is 4.79 Å². The highest BCUT2D eigenvalue weighted by molar-refractivity contribution is 5.97. The van der Waals surface area contributed by atoms with Crippen molar-refractivity contribution in [2.45, 2.75) is 25.7 Å². The monoisotopic (exact) mass is 384 g/mol. The molecule has 2 aromatic heterocycles. The third-order valence-electron chi connectivity index (χ3n) is 6.02. The van der Waals surface area contributed by atoms with E-state index in [4.69, 9.17) is 0 Å². The molecule has 3 heterocycles. The molecular formula is C24H24N4O. The molecule has 0 saturated carbocycles. The number of amides is 1. The zero-order chi connectivity index (χ0) is 19.8. The molecule has 5 rings (SSSR count). The van der Waals surface area contributed by atoms with Gasteiger partial charge < -0.3 is 9.88 Å². The number of piperidine rings is 1. The zero-order valence-electron chi connectivity index (χ0n) is 16.5. The summed E-state index contributed by atoms with van der Waals surface area (Å²) in [4.78, 5) is 18.8. The molecule has 1 fully saturated rings. The van der Waals surface area contributed by atoms with E-state index in [2.05, 4.69) is 41.3 Å². The van der Waals surface area contributed by atoms with E-state index < -0.39 is 0 Å². The average molecular weight is 384 g/mol. The summed E-state index contributed by atoms with van der Waals surface area (Å²) in [6.45, 7) is 3.71. The first kappa shape index (κ1) is 17.7. The molecule has 0 aliphatic carbocycles. The molecule has 0 bridgehead atoms. The Balaban J connectivity index is 1.36. The zero-order valence-corrected chi connectivity index (χ0v) is 16.5. The lowest BCUT2D eigenvalue weighted by atomic mass is 9.87. The Morgan fingerprint density at radius 2 is 1.79 bits per heavy atom. The SMILES string of the molecule is Cc1[nH]c2ccccc2c1C1CCN(C(=O)c2ccccc2-n2cccn2)CC1. The summed E-state index contributed by atoms with van der Waals surface area (Å²) >= 11 is 0. The summed E-state index contributed by atoms with van der Waals surface area (Å²) < 4.78 is 1.76. The molecule has 1 N–H and O–H groups in total. The maximum Gasteiger partial charge on any atom is 0.256 e. The second kappa shape index (κ2) is 7.24. The van der Waals surface area contributed by atoms with E-state index in [-0.39, 0.29) is 5.91 Å². The number of carbonyl (C=O) groups is 1. The summed E-state index contributed by atoms with van der Waals surface area (Å²) in [7, 11) is 0. The number of para-hydroxylation sites is 2. The van der Waals surface area contributed by atoms with Crippen molar-refractivity contribution in [3.8, 4) is 5.69 Å². The summed E-state index contributed by atoms with van der Waals surface area (Å²) in [5, 5.41) is 5.62. The molecule has 0 unspecified atom stereocenters. The van der Waals surface area contributed by atoms with E-state index in [1.54, 1.807) is 10.9 Å². The van der Waals surface area contributed by atoms with E-state index >= 15 is 0 Å². The predicted octanol–water partition coefficient (Wildman–Crippen LogP) is 4.68. The van der Waals surface area contributed by atoms with Gasteiger partial charge in [0.1, 0.15) is 0 Å². The minimum atomic E-state index is 0.0881. The maximum absolute atomic E-state index is 13.3. The van der Waals surface area contributed by atoms with Crippen molar-refractivity contribution in [2.24, 2.45) is 0 Å². The number of nitrogens with one attached hydrogen (secondary N) is 1. The van der Waals surface area contributed by atoms with E-state index in [0.717, 1.165) is 31.6 Å². The number of carbonyl (C=O) groups excluding carboxylic acids is 1. The molecule has 1 amide bonds. The molecule has 2 aromatic carbocycles. The molecule has 5 nitrogen and oxygen atoms in total. The number of aryl methyl sites for hydroxylation is 1. The highest BCUT2D eigenvalue weighted by Crippen LogP contribution is 2.36. The smallest absolute Gasteiger partial charge is 0.256 e. The number of hydrogen-bond acceptors (Lipinski definition) is 2. The second-order valence-corrected chi connectivity index (χ2v) is 7.74. The van der Waals surface area contributed by atoms with Crippen molar-refractivity contribution in [3.05, 3.63) is 83.8 Å². The van der Waals surface area contributed by atoms with E-state index in [9.17, 15) is 4.79 Å². The lowest BCUT2D eigenvalue weighted by Crippen LogP contribution is -2.38. The lowest BCUT2D eigenvalue weighted by Gasteiger charge is -2.33. The Morgan fingerprint density at radius 1 is 1.03 bits per heavy atom. The van der Waals surface area contributed by atoms with Gasteiger partial charge in [0.2, 0.25) is 0 Å². The van der Waals surface area contributed by atoms with Crippen LogP contribution >= 0.6 is 0 Å². The first-order valence-electron chi connectivity index (χ1n) is 10.2. The van der Waals surface area contributed by atoms with Crippen LogP contribution in [0, 0.1) is 6.92 Å². The van der Waals surface area contributed by atoms with E-state index in [1.165, 1.54) is 22.2 Å². The molecule has 1 saturated heterocycles. The summed E-state index contributed by atoms with van der Waals surface area (Å²) in [6, 6.07) is 18.1. The van der Waals surface area contributed by atoms with Crippen LogP contribution in [-0.2, 0) is 0 Å². The fraction of sp³-hybridized carbons (Fsp3) is 0.250. The van der Waals surface area contributed by atoms with Crippen LogP contribution in [0.4, 0.5) is 0 Å². The molecule has 1 aliphatic heterocycles. The van der Waals surface area contributed by atoms with Crippen LogP contribution in [0.1, 0.15) is 40.4 Å². The van der Waals surface area contributed by atoms with E-state index in [0.29, 0.717) is 11.5 Å². The van der Waals surface area contributed by atoms with Crippen molar-refractivity contribution in [1.82, 2.24) is 19.7 Å². The van der Waals surface area contributed by atoms with Gasteiger partial charge in [0.25, 0.3) is 5.91 Å². The highest BCUT2D eigenvalue weighted by Gasteiger charge is 2.28. The summed E-state index contributed by atoms with van der Waals surface area (Å²) in [5.74, 6) is 0.571. The fourth-order valence-electron chi connectivity index (χ4n) is 4.63. The third kappa shape index (κ3) is 3.12. The van der Waals surface area contributed by atoms with Gasteiger partial charge in [0, 0.05) is 42.1 Å². The molecule has 0 atom stereocenters. The number of hydrogen-bond donors (Lipinski definition) is 1. The van der Waals surface area contributed by atoms with Crippen LogP contribution in [0.25, 0.3) is 16.6 Å². The molecule has 4 aromatic rings. The quantitative estimate of drug-likeness (QED) is 0.557. The number of aromatic amines is 1. The Bertz CT molecular complexity index is 1150. The topological polar surface area (TPSA) is 53.9 Å². The number of rotatable bonds is 3. The largest absolute Gasteiger partial charge is 0.358 e. The highest BCUT2D eigenvalue weighted by atomic mass is 16.2. The Labute approximate surface area is 170 Å². The Hall–Kier alpha value is -3.34. The van der Waals surface area contributed by atoms with Gasteiger partial charge in [-0.25, -0.2) is 4.68 Å². The summed E-state index contributed by atoms with van der Waals surface area (Å²) in [6.07, 6.45) is 5.57. The first-order valence-corrected chi connectivity index (χ1v) is 10.2. The van der Waals surface area contributed by atoms with Crippen molar-refractivity contribution >= 4 is 16.8 Å². The van der Waals surface area contributed by atoms with Crippen LogP contribution in [0.15, 0.2) is 67.0 Å². The molecule has 146 valence electrons. The van der Waals surface area contributed by atoms with Gasteiger partial charge in [0.05, 0.1) is 11.3 Å². The summed E-state index contributed by atoms with van der Waals surface area (Å²) in [5.41, 5.74) is 5.41. The normalized spacial score (nSPS) is 15.1. The van der Waals surface area contributed by atoms with E-state index in [1.807, 2.05) is 41.4 Å². The van der Waals surface area contributed by atoms with Gasteiger partial charge in [-0.05, 0) is 55.5 Å². The maximum atomic E-state index is 13.3. The van der Waals surface area contributed by atoms with Crippen molar-refractivity contribution in [1.29, 1.82) is 0 Å². The van der Waals surface area contributed by atoms with Gasteiger partial charge in [-0.2, -0.15) is 5.10 Å². The standard InChI is InChI=1S/C24H24N4O/c1-17-23(19-7-2-4-9-21(19)26-17)18-11-15-27(16-12-18)24(29)20-8-3-5-10-22(20)28-14-6-13-25-28/h2-10,13-14,18,26H,11-12,15-16H2,1H3. The minimum absolute atomic E-state index is 0.0881. The number of H-pyrrole nitrogens is 1. The number of benzene rings is 2. The molecule has 29 heavy (non-hydrogen) atoms. The van der Waals surface area contributed by atoms with Crippen molar-refractivity contribution in [2.75, 3.05) is 13.1 Å². The molecule has 0 spiro atoms. The van der Waals surface area contributed by atoms with Crippen LogP contribution in [0.3, 0.4) is 0 Å². The van der Waals surface area contributed by atoms with Crippen LogP contribution in [0.2, 0.25) is 0 Å². The predicted molar refractivity (Wildman–Crippen MR) is 114 cm³/mol. The van der Waals surface area contributed by atoms with Gasteiger partial charge in [0.15, 0.2) is 0 Å². The molecular weight excluding hydrogens is 360 g/mol. The second-order valence-electron chi connectivity index (χ2n) is 7.74. The third-order valence-corrected chi connectivity index (χ3v) is 6.02. The minimum Gasteiger partial charge on any atom is -0.358 e. The van der Waals surface area contributed by atoms with Gasteiger partial charge >= 0.3 is 0 Å². The number of nitrogens with zero attached hydrogens (tertiary/aromatic N) is 3. The van der Waals surface area contributed by atoms with Gasteiger partial charge in [-0.15, -0.1) is 0 Å². The number of likely N-dealkylation sites (tertiary alicyclic amines) is 1. The van der Waals surface area contributed by atoms with Gasteiger partial charge in [-0.1, -0.05) is 30.3 Å².